The first-order valence-electron chi connectivity index (χ1n) is 7.84. The van der Waals surface area contributed by atoms with E-state index >= 15 is 0 Å². The third-order valence-corrected chi connectivity index (χ3v) is 3.69. The van der Waals surface area contributed by atoms with Crippen molar-refractivity contribution in [1.82, 2.24) is 14.6 Å². The lowest BCUT2D eigenvalue weighted by atomic mass is 10.1. The van der Waals surface area contributed by atoms with Crippen LogP contribution in [-0.2, 0) is 9.53 Å². The van der Waals surface area contributed by atoms with E-state index in [4.69, 9.17) is 4.74 Å². The second-order valence-corrected chi connectivity index (χ2v) is 5.57. The van der Waals surface area contributed by atoms with E-state index in [1.807, 2.05) is 0 Å². The molecule has 3 aromatic rings. The Bertz CT molecular complexity index is 1010. The Hall–Kier alpha value is -3.55. The summed E-state index contributed by atoms with van der Waals surface area (Å²) in [7, 11) is 0. The van der Waals surface area contributed by atoms with Crippen LogP contribution in [0.25, 0.3) is 5.65 Å². The number of esters is 1. The van der Waals surface area contributed by atoms with Gasteiger partial charge in [-0.15, -0.1) is 0 Å². The number of nitrogens with zero attached hydrogens (tertiary/aromatic N) is 3. The van der Waals surface area contributed by atoms with E-state index in [-0.39, 0.29) is 11.3 Å². The first kappa shape index (κ1) is 17.3. The molecule has 132 valence electrons. The lowest BCUT2D eigenvalue weighted by Gasteiger charge is -2.09. The van der Waals surface area contributed by atoms with Gasteiger partial charge >= 0.3 is 5.97 Å². The van der Waals surface area contributed by atoms with Gasteiger partial charge < -0.3 is 10.1 Å². The maximum absolute atomic E-state index is 12.3. The third kappa shape index (κ3) is 3.44. The summed E-state index contributed by atoms with van der Waals surface area (Å²) in [5, 5.41) is 6.75. The molecule has 1 N–H and O–H groups in total. The Balaban J connectivity index is 1.69. The predicted molar refractivity (Wildman–Crippen MR) is 93.1 cm³/mol. The summed E-state index contributed by atoms with van der Waals surface area (Å²) in [6.07, 6.45) is 3.20. The smallest absolute Gasteiger partial charge is 0.344 e. The molecule has 0 spiro atoms. The van der Waals surface area contributed by atoms with E-state index in [0.29, 0.717) is 22.6 Å². The van der Waals surface area contributed by atoms with Crippen molar-refractivity contribution < 1.29 is 19.1 Å². The van der Waals surface area contributed by atoms with Crippen LogP contribution in [0.3, 0.4) is 0 Å². The van der Waals surface area contributed by atoms with Crippen LogP contribution in [0.5, 0.6) is 0 Å². The molecule has 0 aliphatic carbocycles. The molecule has 1 aromatic carbocycles. The highest BCUT2D eigenvalue weighted by Gasteiger charge is 2.20. The fourth-order valence-corrected chi connectivity index (χ4v) is 2.52. The molecule has 0 atom stereocenters. The van der Waals surface area contributed by atoms with Gasteiger partial charge in [0.15, 0.2) is 18.0 Å². The molecule has 8 heteroatoms. The highest BCUT2D eigenvalue weighted by molar-refractivity contribution is 6.04. The summed E-state index contributed by atoms with van der Waals surface area (Å²) in [5.41, 5.74) is 1.78. The van der Waals surface area contributed by atoms with Crippen LogP contribution in [0.15, 0.2) is 42.7 Å². The van der Waals surface area contributed by atoms with Gasteiger partial charge in [0.25, 0.3) is 5.91 Å². The Morgan fingerprint density at radius 3 is 2.73 bits per heavy atom. The molecule has 3 rings (SSSR count). The molecule has 0 unspecified atom stereocenters. The number of anilines is 1. The maximum atomic E-state index is 12.3. The number of hydrogen-bond acceptors (Lipinski definition) is 6. The SMILES string of the molecule is CC(=O)c1ccccc1NC(=O)COC(=O)c1c(C)nn2cccnc12. The topological polar surface area (TPSA) is 103 Å². The van der Waals surface area contributed by atoms with Gasteiger partial charge in [-0.3, -0.25) is 9.59 Å². The minimum atomic E-state index is -0.689. The quantitative estimate of drug-likeness (QED) is 0.557. The highest BCUT2D eigenvalue weighted by Crippen LogP contribution is 2.16. The Labute approximate surface area is 148 Å². The molecule has 0 saturated carbocycles. The summed E-state index contributed by atoms with van der Waals surface area (Å²) >= 11 is 0. The lowest BCUT2D eigenvalue weighted by molar-refractivity contribution is -0.119. The number of amides is 1. The van der Waals surface area contributed by atoms with Crippen LogP contribution < -0.4 is 5.32 Å². The van der Waals surface area contributed by atoms with Crippen molar-refractivity contribution in [3.8, 4) is 0 Å². The fraction of sp³-hybridized carbons (Fsp3) is 0.167. The highest BCUT2D eigenvalue weighted by atomic mass is 16.5. The summed E-state index contributed by atoms with van der Waals surface area (Å²) in [5.74, 6) is -1.41. The lowest BCUT2D eigenvalue weighted by Crippen LogP contribution is -2.22. The zero-order valence-electron chi connectivity index (χ0n) is 14.2. The summed E-state index contributed by atoms with van der Waals surface area (Å²) in [6, 6.07) is 8.30. The number of nitrogens with one attached hydrogen (secondary N) is 1. The number of carbonyl (C=O) groups is 3. The van der Waals surface area contributed by atoms with E-state index in [9.17, 15) is 14.4 Å². The third-order valence-electron chi connectivity index (χ3n) is 3.69. The van der Waals surface area contributed by atoms with Crippen molar-refractivity contribution in [3.05, 3.63) is 59.5 Å². The largest absolute Gasteiger partial charge is 0.452 e. The van der Waals surface area contributed by atoms with Gasteiger partial charge in [-0.25, -0.2) is 14.3 Å². The van der Waals surface area contributed by atoms with E-state index in [1.54, 1.807) is 49.6 Å². The second-order valence-electron chi connectivity index (χ2n) is 5.57. The molecule has 0 radical (unpaired) electrons. The average Bonchev–Trinajstić information content (AvgIpc) is 2.95. The molecular formula is C18H16N4O4. The van der Waals surface area contributed by atoms with Gasteiger partial charge in [-0.1, -0.05) is 12.1 Å². The number of ketones is 1. The molecule has 0 aliphatic rings. The number of rotatable bonds is 5. The average molecular weight is 352 g/mol. The van der Waals surface area contributed by atoms with E-state index < -0.39 is 18.5 Å². The number of ether oxygens (including phenoxy) is 1. The van der Waals surface area contributed by atoms with Crippen LogP contribution in [0.2, 0.25) is 0 Å². The first-order valence-corrected chi connectivity index (χ1v) is 7.84. The Morgan fingerprint density at radius 2 is 1.96 bits per heavy atom. The zero-order valence-corrected chi connectivity index (χ0v) is 14.2. The Kier molecular flexibility index (Phi) is 4.74. The Morgan fingerprint density at radius 1 is 1.19 bits per heavy atom. The van der Waals surface area contributed by atoms with Crippen molar-refractivity contribution in [3.63, 3.8) is 0 Å². The first-order chi connectivity index (χ1) is 12.5. The van der Waals surface area contributed by atoms with Gasteiger partial charge in [-0.05, 0) is 32.0 Å². The van der Waals surface area contributed by atoms with Crippen molar-refractivity contribution in [2.45, 2.75) is 13.8 Å². The molecule has 0 saturated heterocycles. The molecule has 2 heterocycles. The number of Topliss-reactive ketones (excluding diaryl/α,β-unsaturated/α-hetero) is 1. The van der Waals surface area contributed by atoms with Crippen molar-refractivity contribution in [2.24, 2.45) is 0 Å². The van der Waals surface area contributed by atoms with Crippen LogP contribution in [0, 0.1) is 6.92 Å². The molecule has 0 aliphatic heterocycles. The van der Waals surface area contributed by atoms with Gasteiger partial charge in [-0.2, -0.15) is 5.10 Å². The summed E-state index contributed by atoms with van der Waals surface area (Å²) in [4.78, 5) is 40.1. The number of benzene rings is 1. The van der Waals surface area contributed by atoms with E-state index in [2.05, 4.69) is 15.4 Å². The van der Waals surface area contributed by atoms with Crippen LogP contribution in [0.1, 0.15) is 33.3 Å². The number of carbonyl (C=O) groups excluding carboxylic acids is 3. The number of hydrogen-bond donors (Lipinski definition) is 1. The van der Waals surface area contributed by atoms with Gasteiger partial charge in [0.05, 0.1) is 11.4 Å². The molecule has 0 fully saturated rings. The molecule has 2 aromatic heterocycles. The summed E-state index contributed by atoms with van der Waals surface area (Å²) in [6.45, 7) is 2.58. The van der Waals surface area contributed by atoms with Crippen molar-refractivity contribution >= 4 is 29.0 Å². The van der Waals surface area contributed by atoms with Crippen molar-refractivity contribution in [1.29, 1.82) is 0 Å². The zero-order chi connectivity index (χ0) is 18.7. The maximum Gasteiger partial charge on any atom is 0.344 e. The molecule has 8 nitrogen and oxygen atoms in total. The van der Waals surface area contributed by atoms with Crippen LogP contribution >= 0.6 is 0 Å². The van der Waals surface area contributed by atoms with Gasteiger partial charge in [0, 0.05) is 18.0 Å². The predicted octanol–water partition coefficient (Wildman–Crippen LogP) is 2.04. The van der Waals surface area contributed by atoms with Gasteiger partial charge in [0.2, 0.25) is 0 Å². The molecular weight excluding hydrogens is 336 g/mol. The number of para-hydroxylation sites is 1. The monoisotopic (exact) mass is 352 g/mol. The minimum Gasteiger partial charge on any atom is -0.452 e. The number of aromatic nitrogens is 3. The van der Waals surface area contributed by atoms with Crippen LogP contribution in [-0.4, -0.2) is 38.9 Å². The number of fused-ring (bicyclic) bond motifs is 1. The summed E-state index contributed by atoms with van der Waals surface area (Å²) < 4.78 is 6.55. The standard InChI is InChI=1S/C18H16N4O4/c1-11-16(17-19-8-5-9-22(17)21-11)18(25)26-10-15(24)20-14-7-4-3-6-13(14)12(2)23/h3-9H,10H2,1-2H3,(H,20,24). The molecule has 1 amide bonds. The van der Waals surface area contributed by atoms with Gasteiger partial charge in [0.1, 0.15) is 5.56 Å². The van der Waals surface area contributed by atoms with Crippen molar-refractivity contribution in [2.75, 3.05) is 11.9 Å². The minimum absolute atomic E-state index is 0.175. The fourth-order valence-electron chi connectivity index (χ4n) is 2.52. The molecule has 0 bridgehead atoms. The van der Waals surface area contributed by atoms with Crippen LogP contribution in [0.4, 0.5) is 5.69 Å². The number of aryl methyl sites for hydroxylation is 1. The second kappa shape index (κ2) is 7.14. The molecule has 26 heavy (non-hydrogen) atoms. The van der Waals surface area contributed by atoms with E-state index in [0.717, 1.165) is 0 Å². The normalized spacial score (nSPS) is 10.5. The van der Waals surface area contributed by atoms with E-state index in [1.165, 1.54) is 11.4 Å².